The Morgan fingerprint density at radius 2 is 1.88 bits per heavy atom. The van der Waals surface area contributed by atoms with Crippen LogP contribution in [0.4, 0.5) is 0 Å². The van der Waals surface area contributed by atoms with Gasteiger partial charge in [-0.3, -0.25) is 0 Å². The maximum absolute atomic E-state index is 12.0. The molecule has 0 amide bonds. The van der Waals surface area contributed by atoms with Crippen molar-refractivity contribution in [3.63, 3.8) is 0 Å². The standard InChI is InChI=1S/C18H12ClNO4/c19-13-3-1-2-12(10-13)17-20-14(18(21)24-17)8-11-4-5-15-16(9-11)23-7-6-22-15/h1-5,8-10H,6-7H2/b14-8-. The lowest BCUT2D eigenvalue weighted by Crippen LogP contribution is -2.15. The second-order valence-electron chi connectivity index (χ2n) is 5.25. The van der Waals surface area contributed by atoms with Crippen molar-refractivity contribution in [3.8, 4) is 11.5 Å². The van der Waals surface area contributed by atoms with E-state index in [2.05, 4.69) is 4.99 Å². The van der Waals surface area contributed by atoms with E-state index in [9.17, 15) is 4.79 Å². The molecular formula is C18H12ClNO4. The van der Waals surface area contributed by atoms with Crippen LogP contribution in [-0.4, -0.2) is 25.1 Å². The van der Waals surface area contributed by atoms with Gasteiger partial charge in [-0.1, -0.05) is 23.7 Å². The van der Waals surface area contributed by atoms with Gasteiger partial charge >= 0.3 is 5.97 Å². The molecule has 2 aliphatic rings. The zero-order valence-electron chi connectivity index (χ0n) is 12.5. The molecule has 0 aliphatic carbocycles. The molecule has 2 aliphatic heterocycles. The third kappa shape index (κ3) is 2.86. The van der Waals surface area contributed by atoms with E-state index in [0.29, 0.717) is 35.3 Å². The Morgan fingerprint density at radius 3 is 2.71 bits per heavy atom. The predicted molar refractivity (Wildman–Crippen MR) is 89.5 cm³/mol. The Morgan fingerprint density at radius 1 is 1.04 bits per heavy atom. The van der Waals surface area contributed by atoms with Crippen molar-refractivity contribution < 1.29 is 19.0 Å². The van der Waals surface area contributed by atoms with Gasteiger partial charge in [0.1, 0.15) is 13.2 Å². The summed E-state index contributed by atoms with van der Waals surface area (Å²) in [6.07, 6.45) is 1.65. The van der Waals surface area contributed by atoms with Crippen molar-refractivity contribution in [1.82, 2.24) is 0 Å². The van der Waals surface area contributed by atoms with Crippen molar-refractivity contribution in [2.45, 2.75) is 0 Å². The topological polar surface area (TPSA) is 57.1 Å². The number of halogens is 1. The number of aliphatic imine (C=N–C) groups is 1. The first kappa shape index (κ1) is 14.8. The third-order valence-electron chi connectivity index (χ3n) is 3.56. The second-order valence-corrected chi connectivity index (χ2v) is 5.69. The van der Waals surface area contributed by atoms with Crippen LogP contribution >= 0.6 is 11.6 Å². The molecule has 0 saturated carbocycles. The van der Waals surface area contributed by atoms with E-state index in [0.717, 1.165) is 5.56 Å². The van der Waals surface area contributed by atoms with Crippen LogP contribution < -0.4 is 9.47 Å². The van der Waals surface area contributed by atoms with E-state index in [1.807, 2.05) is 18.2 Å². The zero-order chi connectivity index (χ0) is 16.5. The molecule has 4 rings (SSSR count). The van der Waals surface area contributed by atoms with Crippen molar-refractivity contribution >= 4 is 29.5 Å². The Balaban J connectivity index is 1.66. The normalized spacial score (nSPS) is 17.6. The van der Waals surface area contributed by atoms with Crippen molar-refractivity contribution in [2.24, 2.45) is 4.99 Å². The number of ether oxygens (including phenoxy) is 3. The number of hydrogen-bond acceptors (Lipinski definition) is 5. The fraction of sp³-hybridized carbons (Fsp3) is 0.111. The molecule has 0 aromatic heterocycles. The third-order valence-corrected chi connectivity index (χ3v) is 3.80. The fourth-order valence-electron chi connectivity index (χ4n) is 2.46. The number of fused-ring (bicyclic) bond motifs is 1. The lowest BCUT2D eigenvalue weighted by Gasteiger charge is -2.18. The molecule has 6 heteroatoms. The summed E-state index contributed by atoms with van der Waals surface area (Å²) in [7, 11) is 0. The number of rotatable bonds is 2. The van der Waals surface area contributed by atoms with Gasteiger partial charge in [-0.2, -0.15) is 0 Å². The fourth-order valence-corrected chi connectivity index (χ4v) is 2.65. The average molecular weight is 342 g/mol. The highest BCUT2D eigenvalue weighted by Gasteiger charge is 2.24. The monoisotopic (exact) mass is 341 g/mol. The summed E-state index contributed by atoms with van der Waals surface area (Å²) in [6.45, 7) is 1.04. The molecule has 0 atom stereocenters. The average Bonchev–Trinajstić information content (AvgIpc) is 2.96. The summed E-state index contributed by atoms with van der Waals surface area (Å²) in [5.74, 6) is 1.09. The Hall–Kier alpha value is -2.79. The molecule has 0 fully saturated rings. The Labute approximate surface area is 143 Å². The summed E-state index contributed by atoms with van der Waals surface area (Å²) >= 11 is 5.96. The smallest absolute Gasteiger partial charge is 0.363 e. The zero-order valence-corrected chi connectivity index (χ0v) is 13.2. The van der Waals surface area contributed by atoms with Crippen LogP contribution in [0.15, 0.2) is 53.2 Å². The van der Waals surface area contributed by atoms with Gasteiger partial charge in [-0.05, 0) is 42.0 Å². The number of nitrogens with zero attached hydrogens (tertiary/aromatic N) is 1. The first-order valence-electron chi connectivity index (χ1n) is 7.37. The van der Waals surface area contributed by atoms with Crippen molar-refractivity contribution in [1.29, 1.82) is 0 Å². The minimum Gasteiger partial charge on any atom is -0.486 e. The van der Waals surface area contributed by atoms with E-state index < -0.39 is 5.97 Å². The van der Waals surface area contributed by atoms with Gasteiger partial charge in [0.25, 0.3) is 0 Å². The first-order valence-corrected chi connectivity index (χ1v) is 7.75. The van der Waals surface area contributed by atoms with Crippen LogP contribution in [0.5, 0.6) is 11.5 Å². The van der Waals surface area contributed by atoms with E-state index in [1.54, 1.807) is 30.3 Å². The molecule has 120 valence electrons. The number of benzene rings is 2. The molecule has 5 nitrogen and oxygen atoms in total. The van der Waals surface area contributed by atoms with Gasteiger partial charge in [-0.25, -0.2) is 9.79 Å². The minimum absolute atomic E-state index is 0.224. The molecule has 24 heavy (non-hydrogen) atoms. The van der Waals surface area contributed by atoms with E-state index in [-0.39, 0.29) is 11.6 Å². The van der Waals surface area contributed by atoms with Crippen LogP contribution in [0.3, 0.4) is 0 Å². The molecule has 0 spiro atoms. The van der Waals surface area contributed by atoms with Crippen LogP contribution in [-0.2, 0) is 9.53 Å². The van der Waals surface area contributed by atoms with Gasteiger partial charge in [0.05, 0.1) is 0 Å². The quantitative estimate of drug-likeness (QED) is 0.620. The van der Waals surface area contributed by atoms with Gasteiger partial charge in [0, 0.05) is 10.6 Å². The van der Waals surface area contributed by atoms with E-state index in [4.69, 9.17) is 25.8 Å². The molecule has 0 unspecified atom stereocenters. The highest BCUT2D eigenvalue weighted by atomic mass is 35.5. The molecule has 0 radical (unpaired) electrons. The number of cyclic esters (lactones) is 1. The van der Waals surface area contributed by atoms with Crippen molar-refractivity contribution in [3.05, 3.63) is 64.3 Å². The lowest BCUT2D eigenvalue weighted by atomic mass is 10.1. The summed E-state index contributed by atoms with van der Waals surface area (Å²) in [5.41, 5.74) is 1.66. The summed E-state index contributed by atoms with van der Waals surface area (Å²) in [5, 5.41) is 0.551. The van der Waals surface area contributed by atoms with Crippen LogP contribution in [0.1, 0.15) is 11.1 Å². The Bertz CT molecular complexity index is 888. The SMILES string of the molecule is O=C1OC(c2cccc(Cl)c2)=N/C1=C\c1ccc2c(c1)OCCO2. The summed E-state index contributed by atoms with van der Waals surface area (Å²) in [4.78, 5) is 16.3. The molecule has 0 N–H and O–H groups in total. The number of esters is 1. The van der Waals surface area contributed by atoms with Gasteiger partial charge in [0.2, 0.25) is 5.90 Å². The molecule has 2 heterocycles. The highest BCUT2D eigenvalue weighted by molar-refractivity contribution is 6.31. The molecule has 0 saturated heterocycles. The van der Waals surface area contributed by atoms with Crippen LogP contribution in [0.25, 0.3) is 6.08 Å². The van der Waals surface area contributed by atoms with Crippen LogP contribution in [0, 0.1) is 0 Å². The van der Waals surface area contributed by atoms with E-state index in [1.165, 1.54) is 0 Å². The summed E-state index contributed by atoms with van der Waals surface area (Å²) < 4.78 is 16.2. The van der Waals surface area contributed by atoms with Gasteiger partial charge in [-0.15, -0.1) is 0 Å². The first-order chi connectivity index (χ1) is 11.7. The number of carbonyl (C=O) groups is 1. The van der Waals surface area contributed by atoms with E-state index >= 15 is 0 Å². The van der Waals surface area contributed by atoms with Crippen molar-refractivity contribution in [2.75, 3.05) is 13.2 Å². The molecule has 2 aromatic rings. The Kier molecular flexibility index (Phi) is 3.70. The largest absolute Gasteiger partial charge is 0.486 e. The maximum Gasteiger partial charge on any atom is 0.363 e. The highest BCUT2D eigenvalue weighted by Crippen LogP contribution is 2.32. The molecular weight excluding hydrogens is 330 g/mol. The van der Waals surface area contributed by atoms with Crippen LogP contribution in [0.2, 0.25) is 5.02 Å². The predicted octanol–water partition coefficient (Wildman–Crippen LogP) is 3.46. The minimum atomic E-state index is -0.500. The maximum atomic E-state index is 12.0. The molecule has 0 bridgehead atoms. The summed E-state index contributed by atoms with van der Waals surface area (Å²) in [6, 6.07) is 12.4. The number of carbonyl (C=O) groups excluding carboxylic acids is 1. The number of hydrogen-bond donors (Lipinski definition) is 0. The van der Waals surface area contributed by atoms with Gasteiger partial charge < -0.3 is 14.2 Å². The molecule has 2 aromatic carbocycles. The lowest BCUT2D eigenvalue weighted by molar-refractivity contribution is -0.129. The van der Waals surface area contributed by atoms with Gasteiger partial charge in [0.15, 0.2) is 17.2 Å². The second kappa shape index (κ2) is 6.02.